The number of ether oxygens (including phenoxy) is 1. The number of halogens is 1. The molecule has 1 atom stereocenters. The van der Waals surface area contributed by atoms with Gasteiger partial charge in [0.1, 0.15) is 18.1 Å². The van der Waals surface area contributed by atoms with E-state index in [0.717, 1.165) is 18.7 Å². The first-order valence-corrected chi connectivity index (χ1v) is 11.8. The van der Waals surface area contributed by atoms with E-state index in [1.165, 1.54) is 0 Å². The quantitative estimate of drug-likeness (QED) is 0.224. The summed E-state index contributed by atoms with van der Waals surface area (Å²) in [7, 11) is 0. The molecule has 0 spiro atoms. The number of Topliss-reactive ketones (excluding diaryl/α,β-unsaturated/α-hetero) is 1. The molecule has 2 aromatic rings. The number of aliphatic hydroxyl groups excluding tert-OH is 1. The fraction of sp³-hybridized carbons (Fsp3) is 0.333. The SMILES string of the molecule is C=CCOc1ccc(/C(O)=C2/C(=O)C(=O)N(CCN(CC)CC)C2c2ccc(Cl)cc2)c(C)c1. The molecule has 3 rings (SSSR count). The highest BCUT2D eigenvalue weighted by atomic mass is 35.5. The maximum absolute atomic E-state index is 13.2. The van der Waals surface area contributed by atoms with Crippen LogP contribution in [-0.4, -0.2) is 59.4 Å². The van der Waals surface area contributed by atoms with E-state index in [9.17, 15) is 14.7 Å². The lowest BCUT2D eigenvalue weighted by Crippen LogP contribution is -2.38. The molecule has 2 aromatic carbocycles. The number of hydrogen-bond donors (Lipinski definition) is 1. The third-order valence-corrected chi connectivity index (χ3v) is 6.35. The number of ketones is 1. The van der Waals surface area contributed by atoms with Gasteiger partial charge in [0.15, 0.2) is 0 Å². The Hall–Kier alpha value is -3.09. The van der Waals surface area contributed by atoms with Crippen LogP contribution >= 0.6 is 11.6 Å². The van der Waals surface area contributed by atoms with Gasteiger partial charge in [0.25, 0.3) is 11.7 Å². The number of amides is 1. The maximum atomic E-state index is 13.2. The van der Waals surface area contributed by atoms with Gasteiger partial charge >= 0.3 is 0 Å². The van der Waals surface area contributed by atoms with Crippen LogP contribution < -0.4 is 4.74 Å². The van der Waals surface area contributed by atoms with Gasteiger partial charge in [-0.3, -0.25) is 9.59 Å². The highest BCUT2D eigenvalue weighted by molar-refractivity contribution is 6.46. The third kappa shape index (κ3) is 5.34. The van der Waals surface area contributed by atoms with Crippen molar-refractivity contribution in [1.29, 1.82) is 0 Å². The molecule has 1 fully saturated rings. The predicted octanol–water partition coefficient (Wildman–Crippen LogP) is 4.98. The van der Waals surface area contributed by atoms with Crippen LogP contribution in [0.5, 0.6) is 5.75 Å². The number of aryl methyl sites for hydroxylation is 1. The maximum Gasteiger partial charge on any atom is 0.295 e. The van der Waals surface area contributed by atoms with Crippen molar-refractivity contribution in [3.8, 4) is 5.75 Å². The summed E-state index contributed by atoms with van der Waals surface area (Å²) in [6, 6.07) is 11.5. The van der Waals surface area contributed by atoms with Crippen molar-refractivity contribution in [3.63, 3.8) is 0 Å². The molecule has 1 amide bonds. The molecule has 0 saturated carbocycles. The second-order valence-corrected chi connectivity index (χ2v) is 8.58. The van der Waals surface area contributed by atoms with Gasteiger partial charge in [0.2, 0.25) is 0 Å². The fourth-order valence-corrected chi connectivity index (χ4v) is 4.31. The van der Waals surface area contributed by atoms with Crippen molar-refractivity contribution in [2.75, 3.05) is 32.8 Å². The second kappa shape index (κ2) is 11.4. The summed E-state index contributed by atoms with van der Waals surface area (Å²) >= 11 is 6.09. The van der Waals surface area contributed by atoms with Gasteiger partial charge in [-0.05, 0) is 61.5 Å². The molecule has 6 nitrogen and oxygen atoms in total. The van der Waals surface area contributed by atoms with Crippen LogP contribution in [0, 0.1) is 6.92 Å². The first-order valence-electron chi connectivity index (χ1n) is 11.4. The fourth-order valence-electron chi connectivity index (χ4n) is 4.18. The lowest BCUT2D eigenvalue weighted by atomic mass is 9.94. The minimum atomic E-state index is -0.705. The summed E-state index contributed by atoms with van der Waals surface area (Å²) in [5, 5.41) is 11.9. The summed E-state index contributed by atoms with van der Waals surface area (Å²) in [6.07, 6.45) is 1.65. The van der Waals surface area contributed by atoms with Crippen LogP contribution in [0.3, 0.4) is 0 Å². The molecule has 1 heterocycles. The number of carbonyl (C=O) groups is 2. The Morgan fingerprint density at radius 3 is 2.44 bits per heavy atom. The molecule has 0 aromatic heterocycles. The summed E-state index contributed by atoms with van der Waals surface area (Å²) in [4.78, 5) is 30.0. The van der Waals surface area contributed by atoms with E-state index in [0.29, 0.717) is 41.6 Å². The zero-order valence-corrected chi connectivity index (χ0v) is 20.6. The van der Waals surface area contributed by atoms with Gasteiger partial charge in [-0.2, -0.15) is 0 Å². The number of likely N-dealkylation sites (tertiary alicyclic amines) is 1. The number of benzene rings is 2. The Morgan fingerprint density at radius 1 is 1.18 bits per heavy atom. The highest BCUT2D eigenvalue weighted by Crippen LogP contribution is 2.40. The second-order valence-electron chi connectivity index (χ2n) is 8.15. The number of carbonyl (C=O) groups excluding carboxylic acids is 2. The van der Waals surface area contributed by atoms with Gasteiger partial charge in [-0.15, -0.1) is 0 Å². The van der Waals surface area contributed by atoms with Crippen molar-refractivity contribution < 1.29 is 19.4 Å². The average Bonchev–Trinajstić information content (AvgIpc) is 3.08. The molecule has 0 radical (unpaired) electrons. The van der Waals surface area contributed by atoms with Crippen LogP contribution in [0.2, 0.25) is 5.02 Å². The van der Waals surface area contributed by atoms with Crippen molar-refractivity contribution >= 4 is 29.1 Å². The molecule has 1 aliphatic rings. The van der Waals surface area contributed by atoms with Crippen LogP contribution in [0.25, 0.3) is 5.76 Å². The standard InChI is InChI=1S/C27H31ClN2O4/c1-5-16-34-21-12-13-22(18(4)17-21)25(31)23-24(19-8-10-20(28)11-9-19)30(27(33)26(23)32)15-14-29(6-2)7-3/h5,8-13,17,24,31H,1,6-7,14-16H2,2-4H3/b25-23-. The first-order chi connectivity index (χ1) is 16.3. The average molecular weight is 483 g/mol. The lowest BCUT2D eigenvalue weighted by molar-refractivity contribution is -0.140. The van der Waals surface area contributed by atoms with Gasteiger partial charge in [0.05, 0.1) is 11.6 Å². The molecule has 1 N–H and O–H groups in total. The largest absolute Gasteiger partial charge is 0.507 e. The first kappa shape index (κ1) is 25.5. The van der Waals surface area contributed by atoms with E-state index >= 15 is 0 Å². The number of nitrogens with zero attached hydrogens (tertiary/aromatic N) is 2. The van der Waals surface area contributed by atoms with Gasteiger partial charge in [0, 0.05) is 23.7 Å². The Kier molecular flexibility index (Phi) is 8.53. The van der Waals surface area contributed by atoms with E-state index < -0.39 is 17.7 Å². The zero-order chi connectivity index (χ0) is 24.8. The topological polar surface area (TPSA) is 70.1 Å². The molecular weight excluding hydrogens is 452 g/mol. The predicted molar refractivity (Wildman–Crippen MR) is 135 cm³/mol. The van der Waals surface area contributed by atoms with Gasteiger partial charge in [-0.25, -0.2) is 0 Å². The summed E-state index contributed by atoms with van der Waals surface area (Å²) in [5.41, 5.74) is 2.00. The van der Waals surface area contributed by atoms with Crippen molar-refractivity contribution in [2.24, 2.45) is 0 Å². The Morgan fingerprint density at radius 2 is 1.85 bits per heavy atom. The van der Waals surface area contributed by atoms with Gasteiger partial charge < -0.3 is 19.6 Å². The normalized spacial score (nSPS) is 17.4. The highest BCUT2D eigenvalue weighted by Gasteiger charge is 2.46. The molecule has 1 unspecified atom stereocenters. The van der Waals surface area contributed by atoms with Crippen molar-refractivity contribution in [2.45, 2.75) is 26.8 Å². The molecule has 7 heteroatoms. The number of rotatable bonds is 10. The van der Waals surface area contributed by atoms with Crippen LogP contribution in [-0.2, 0) is 9.59 Å². The molecule has 34 heavy (non-hydrogen) atoms. The summed E-state index contributed by atoms with van der Waals surface area (Å²) in [5.74, 6) is -0.875. The van der Waals surface area contributed by atoms with Crippen molar-refractivity contribution in [1.82, 2.24) is 9.80 Å². The van der Waals surface area contributed by atoms with Crippen LogP contribution in [0.1, 0.15) is 36.6 Å². The van der Waals surface area contributed by atoms with Crippen LogP contribution in [0.4, 0.5) is 0 Å². The zero-order valence-electron chi connectivity index (χ0n) is 19.9. The molecule has 1 saturated heterocycles. The summed E-state index contributed by atoms with van der Waals surface area (Å²) < 4.78 is 5.57. The number of hydrogen-bond acceptors (Lipinski definition) is 5. The minimum Gasteiger partial charge on any atom is -0.507 e. The lowest BCUT2D eigenvalue weighted by Gasteiger charge is -2.28. The Labute approximate surface area is 206 Å². The van der Waals surface area contributed by atoms with E-state index in [1.807, 2.05) is 6.92 Å². The molecule has 180 valence electrons. The van der Waals surface area contributed by atoms with E-state index in [-0.39, 0.29) is 11.3 Å². The minimum absolute atomic E-state index is 0.0785. The smallest absolute Gasteiger partial charge is 0.295 e. The van der Waals surface area contributed by atoms with E-state index in [4.69, 9.17) is 16.3 Å². The Bertz CT molecular complexity index is 1090. The molecule has 0 bridgehead atoms. The third-order valence-electron chi connectivity index (χ3n) is 6.10. The molecule has 0 aliphatic carbocycles. The summed E-state index contributed by atoms with van der Waals surface area (Å²) in [6.45, 7) is 12.6. The monoisotopic (exact) mass is 482 g/mol. The number of aliphatic hydroxyl groups is 1. The van der Waals surface area contributed by atoms with Gasteiger partial charge in [-0.1, -0.05) is 50.2 Å². The molecular formula is C27H31ClN2O4. The van der Waals surface area contributed by atoms with E-state index in [1.54, 1.807) is 53.4 Å². The van der Waals surface area contributed by atoms with Crippen molar-refractivity contribution in [3.05, 3.63) is 82.4 Å². The van der Waals surface area contributed by atoms with Crippen LogP contribution in [0.15, 0.2) is 60.7 Å². The molecule has 1 aliphatic heterocycles. The number of likely N-dealkylation sites (N-methyl/N-ethyl adjacent to an activating group) is 1. The Balaban J connectivity index is 2.08. The van der Waals surface area contributed by atoms with E-state index in [2.05, 4.69) is 25.3 Å².